The summed E-state index contributed by atoms with van der Waals surface area (Å²) < 4.78 is 0. The highest BCUT2D eigenvalue weighted by Gasteiger charge is 2.60. The van der Waals surface area contributed by atoms with Crippen LogP contribution in [0.5, 0.6) is 0 Å². The summed E-state index contributed by atoms with van der Waals surface area (Å²) >= 11 is 0. The Balaban J connectivity index is 1.37. The predicted molar refractivity (Wildman–Crippen MR) is 124 cm³/mol. The Morgan fingerprint density at radius 1 is 0.733 bits per heavy atom. The average Bonchev–Trinajstić information content (AvgIpc) is 3.07. The molecule has 1 heteroatoms. The lowest BCUT2D eigenvalue weighted by Gasteiger charge is -2.61. The molecule has 0 spiro atoms. The molecular weight excluding hydrogens is 364 g/mol. The maximum absolute atomic E-state index is 10.8. The lowest BCUT2D eigenvalue weighted by atomic mass is 9.43. The molecule has 8 atom stereocenters. The summed E-state index contributed by atoms with van der Waals surface area (Å²) in [6.07, 6.45) is 11.8. The summed E-state index contributed by atoms with van der Waals surface area (Å²) in [4.78, 5) is 0. The molecule has 0 heterocycles. The highest BCUT2D eigenvalue weighted by Crippen LogP contribution is 2.68. The zero-order valence-corrected chi connectivity index (χ0v) is 18.8. The SMILES string of the molecule is CC12CCC3C(CCC4C(c5cccc6ccccc56)CCCC43C)C1CCC2O. The number of hydrogen-bond donors (Lipinski definition) is 1. The van der Waals surface area contributed by atoms with Gasteiger partial charge in [-0.15, -0.1) is 0 Å². The van der Waals surface area contributed by atoms with E-state index in [1.54, 1.807) is 5.56 Å². The summed E-state index contributed by atoms with van der Waals surface area (Å²) in [5, 5.41) is 13.7. The van der Waals surface area contributed by atoms with Crippen LogP contribution in [0.4, 0.5) is 0 Å². The molecule has 160 valence electrons. The van der Waals surface area contributed by atoms with E-state index in [1.807, 2.05) is 0 Å². The minimum absolute atomic E-state index is 0.0521. The van der Waals surface area contributed by atoms with Crippen LogP contribution in [-0.2, 0) is 0 Å². The van der Waals surface area contributed by atoms with Crippen molar-refractivity contribution in [1.29, 1.82) is 0 Å². The van der Waals surface area contributed by atoms with Gasteiger partial charge in [0.1, 0.15) is 0 Å². The second-order valence-electron chi connectivity index (χ2n) is 11.8. The van der Waals surface area contributed by atoms with Crippen molar-refractivity contribution in [2.45, 2.75) is 83.7 Å². The molecule has 4 aliphatic rings. The third kappa shape index (κ3) is 2.57. The minimum atomic E-state index is -0.0521. The number of aliphatic hydroxyl groups excluding tert-OH is 1. The van der Waals surface area contributed by atoms with Crippen LogP contribution in [0, 0.1) is 34.5 Å². The molecule has 30 heavy (non-hydrogen) atoms. The predicted octanol–water partition coefficient (Wildman–Crippen LogP) is 7.33. The van der Waals surface area contributed by atoms with Gasteiger partial charge >= 0.3 is 0 Å². The van der Waals surface area contributed by atoms with E-state index < -0.39 is 0 Å². The van der Waals surface area contributed by atoms with Crippen molar-refractivity contribution in [2.24, 2.45) is 34.5 Å². The van der Waals surface area contributed by atoms with Gasteiger partial charge in [0, 0.05) is 0 Å². The number of benzene rings is 2. The molecule has 0 bridgehead atoms. The van der Waals surface area contributed by atoms with Gasteiger partial charge in [-0.3, -0.25) is 0 Å². The van der Waals surface area contributed by atoms with Gasteiger partial charge in [0.25, 0.3) is 0 Å². The summed E-state index contributed by atoms with van der Waals surface area (Å²) in [6, 6.07) is 16.1. The zero-order valence-electron chi connectivity index (χ0n) is 18.8. The van der Waals surface area contributed by atoms with Gasteiger partial charge in [-0.2, -0.15) is 0 Å². The van der Waals surface area contributed by atoms with Crippen LogP contribution in [0.15, 0.2) is 42.5 Å². The Bertz CT molecular complexity index is 943. The van der Waals surface area contributed by atoms with Crippen molar-refractivity contribution in [3.63, 3.8) is 0 Å². The van der Waals surface area contributed by atoms with Gasteiger partial charge in [-0.05, 0) is 108 Å². The number of fused-ring (bicyclic) bond motifs is 6. The van der Waals surface area contributed by atoms with Crippen LogP contribution in [0.25, 0.3) is 10.8 Å². The lowest BCUT2D eigenvalue weighted by molar-refractivity contribution is -0.125. The molecule has 2 aromatic carbocycles. The highest BCUT2D eigenvalue weighted by atomic mass is 16.3. The van der Waals surface area contributed by atoms with Crippen LogP contribution in [0.2, 0.25) is 0 Å². The van der Waals surface area contributed by atoms with E-state index in [0.717, 1.165) is 36.0 Å². The first kappa shape index (κ1) is 19.4. The van der Waals surface area contributed by atoms with E-state index in [-0.39, 0.29) is 11.5 Å². The van der Waals surface area contributed by atoms with E-state index in [2.05, 4.69) is 56.3 Å². The lowest BCUT2D eigenvalue weighted by Crippen LogP contribution is -2.54. The fraction of sp³-hybridized carbons (Fsp3) is 0.655. The topological polar surface area (TPSA) is 20.2 Å². The van der Waals surface area contributed by atoms with E-state index in [0.29, 0.717) is 5.41 Å². The van der Waals surface area contributed by atoms with Crippen molar-refractivity contribution in [2.75, 3.05) is 0 Å². The largest absolute Gasteiger partial charge is 0.393 e. The zero-order chi connectivity index (χ0) is 20.5. The molecule has 0 radical (unpaired) electrons. The Kier molecular flexibility index (Phi) is 4.40. The number of hydrogen-bond acceptors (Lipinski definition) is 1. The number of rotatable bonds is 1. The van der Waals surface area contributed by atoms with Crippen molar-refractivity contribution in [1.82, 2.24) is 0 Å². The quantitative estimate of drug-likeness (QED) is 0.529. The van der Waals surface area contributed by atoms with Gasteiger partial charge < -0.3 is 5.11 Å². The van der Waals surface area contributed by atoms with Gasteiger partial charge in [0.05, 0.1) is 6.10 Å². The molecule has 4 fully saturated rings. The molecule has 6 rings (SSSR count). The highest BCUT2D eigenvalue weighted by molar-refractivity contribution is 5.86. The van der Waals surface area contributed by atoms with Crippen LogP contribution < -0.4 is 0 Å². The van der Waals surface area contributed by atoms with E-state index in [4.69, 9.17) is 0 Å². The third-order valence-corrected chi connectivity index (χ3v) is 10.8. The summed E-state index contributed by atoms with van der Waals surface area (Å²) in [6.45, 7) is 5.10. The first-order valence-electron chi connectivity index (χ1n) is 12.7. The van der Waals surface area contributed by atoms with E-state index in [1.165, 1.54) is 62.1 Å². The van der Waals surface area contributed by atoms with Crippen molar-refractivity contribution in [3.8, 4) is 0 Å². The first-order chi connectivity index (χ1) is 14.5. The van der Waals surface area contributed by atoms with Crippen LogP contribution in [-0.4, -0.2) is 11.2 Å². The summed E-state index contributed by atoms with van der Waals surface area (Å²) in [5.74, 6) is 4.04. The van der Waals surface area contributed by atoms with Crippen LogP contribution >= 0.6 is 0 Å². The van der Waals surface area contributed by atoms with Crippen molar-refractivity contribution >= 4 is 10.8 Å². The third-order valence-electron chi connectivity index (χ3n) is 10.8. The Hall–Kier alpha value is -1.34. The van der Waals surface area contributed by atoms with E-state index >= 15 is 0 Å². The molecule has 4 saturated carbocycles. The molecule has 1 nitrogen and oxygen atoms in total. The first-order valence-corrected chi connectivity index (χ1v) is 12.7. The van der Waals surface area contributed by atoms with Gasteiger partial charge in [-0.1, -0.05) is 62.7 Å². The van der Waals surface area contributed by atoms with E-state index in [9.17, 15) is 5.11 Å². The van der Waals surface area contributed by atoms with Crippen molar-refractivity contribution < 1.29 is 5.11 Å². The molecule has 0 saturated heterocycles. The standard InChI is InChI=1S/C29H38O/c1-28-17-6-11-22(21-10-5-8-19-7-3-4-9-20(19)21)24(28)13-12-23-25-14-15-27(30)29(25,2)18-16-26(23)28/h3-5,7-10,22-27,30H,6,11-18H2,1-2H3. The normalized spacial score (nSPS) is 45.6. The average molecular weight is 403 g/mol. The summed E-state index contributed by atoms with van der Waals surface area (Å²) in [5.41, 5.74) is 2.31. The Morgan fingerprint density at radius 3 is 2.40 bits per heavy atom. The molecule has 0 amide bonds. The second-order valence-corrected chi connectivity index (χ2v) is 11.8. The van der Waals surface area contributed by atoms with Crippen LogP contribution in [0.3, 0.4) is 0 Å². The smallest absolute Gasteiger partial charge is 0.0596 e. The minimum Gasteiger partial charge on any atom is -0.393 e. The molecule has 1 N–H and O–H groups in total. The molecule has 2 aromatic rings. The van der Waals surface area contributed by atoms with Crippen molar-refractivity contribution in [3.05, 3.63) is 48.0 Å². The monoisotopic (exact) mass is 402 g/mol. The van der Waals surface area contributed by atoms with Gasteiger partial charge in [0.2, 0.25) is 0 Å². The second kappa shape index (κ2) is 6.83. The molecular formula is C29H38O. The van der Waals surface area contributed by atoms with Crippen LogP contribution in [0.1, 0.15) is 83.1 Å². The van der Waals surface area contributed by atoms with Gasteiger partial charge in [0.15, 0.2) is 0 Å². The molecule has 0 aromatic heterocycles. The molecule has 8 unspecified atom stereocenters. The Morgan fingerprint density at radius 2 is 1.50 bits per heavy atom. The number of aliphatic hydroxyl groups is 1. The fourth-order valence-electron chi connectivity index (χ4n) is 9.34. The fourth-order valence-corrected chi connectivity index (χ4v) is 9.34. The Labute approximate surface area is 182 Å². The molecule has 4 aliphatic carbocycles. The maximum atomic E-state index is 10.8. The summed E-state index contributed by atoms with van der Waals surface area (Å²) in [7, 11) is 0. The van der Waals surface area contributed by atoms with Gasteiger partial charge in [-0.25, -0.2) is 0 Å². The maximum Gasteiger partial charge on any atom is 0.0596 e. The molecule has 0 aliphatic heterocycles.